The summed E-state index contributed by atoms with van der Waals surface area (Å²) in [6, 6.07) is 17.5. The van der Waals surface area contributed by atoms with E-state index in [1.165, 1.54) is 0 Å². The van der Waals surface area contributed by atoms with Crippen LogP contribution in [0.3, 0.4) is 0 Å². The van der Waals surface area contributed by atoms with Crippen molar-refractivity contribution in [3.05, 3.63) is 60.3 Å². The number of aryl methyl sites for hydroxylation is 1. The second-order valence-corrected chi connectivity index (χ2v) is 9.81. The monoisotopic (exact) mass is 452 g/mol. The molecule has 0 radical (unpaired) electrons. The Morgan fingerprint density at radius 2 is 1.66 bits per heavy atom. The minimum absolute atomic E-state index is 0.0793. The maximum absolute atomic E-state index is 12.4. The fourth-order valence-electron chi connectivity index (χ4n) is 2.91. The van der Waals surface area contributed by atoms with Gasteiger partial charge in [-0.2, -0.15) is 5.10 Å². The number of unbranched alkanes of at least 4 members (excludes halogenated alkanes) is 1. The van der Waals surface area contributed by atoms with Crippen LogP contribution in [0.2, 0.25) is 0 Å². The highest BCUT2D eigenvalue weighted by molar-refractivity contribution is 7.99. The van der Waals surface area contributed by atoms with E-state index >= 15 is 0 Å². The number of benzene rings is 2. The zero-order valence-corrected chi connectivity index (χ0v) is 20.3. The van der Waals surface area contributed by atoms with Gasteiger partial charge in [-0.3, -0.25) is 10.00 Å². The van der Waals surface area contributed by atoms with E-state index in [0.717, 1.165) is 46.4 Å². The van der Waals surface area contributed by atoms with Gasteiger partial charge in [-0.05, 0) is 55.0 Å². The Morgan fingerprint density at radius 1 is 1.03 bits per heavy atom. The summed E-state index contributed by atoms with van der Waals surface area (Å²) in [6.45, 7) is 9.18. The van der Waals surface area contributed by atoms with E-state index in [2.05, 4.69) is 55.6 Å². The zero-order valence-electron chi connectivity index (χ0n) is 19.4. The fourth-order valence-corrected chi connectivity index (χ4v) is 3.73. The summed E-state index contributed by atoms with van der Waals surface area (Å²) in [6.07, 6.45) is 2.19. The molecule has 32 heavy (non-hydrogen) atoms. The van der Waals surface area contributed by atoms with Crippen molar-refractivity contribution in [1.29, 1.82) is 0 Å². The summed E-state index contributed by atoms with van der Waals surface area (Å²) < 4.78 is 7.39. The normalized spacial score (nSPS) is 11.3. The SMILES string of the molecule is CCCCOc1ccc(Sc2ccc(NC(=O)Nc3cc(C(C)(C)C)nn3C)cc2)cc1. The van der Waals surface area contributed by atoms with E-state index in [1.54, 1.807) is 16.4 Å². The molecule has 0 saturated carbocycles. The van der Waals surface area contributed by atoms with Crippen LogP contribution in [-0.2, 0) is 12.5 Å². The predicted octanol–water partition coefficient (Wildman–Crippen LogP) is 6.69. The Hall–Kier alpha value is -2.93. The Labute approximate surface area is 194 Å². The Morgan fingerprint density at radius 3 is 2.22 bits per heavy atom. The number of urea groups is 1. The lowest BCUT2D eigenvalue weighted by Crippen LogP contribution is -2.20. The van der Waals surface area contributed by atoms with Crippen LogP contribution in [0.25, 0.3) is 0 Å². The van der Waals surface area contributed by atoms with Crippen LogP contribution in [-0.4, -0.2) is 22.4 Å². The molecule has 170 valence electrons. The van der Waals surface area contributed by atoms with E-state index in [-0.39, 0.29) is 11.4 Å². The molecular formula is C25H32N4O2S. The molecule has 0 aliphatic heterocycles. The number of carbonyl (C=O) groups is 1. The van der Waals surface area contributed by atoms with Crippen LogP contribution in [0, 0.1) is 0 Å². The van der Waals surface area contributed by atoms with E-state index in [1.807, 2.05) is 49.5 Å². The maximum atomic E-state index is 12.4. The van der Waals surface area contributed by atoms with E-state index in [9.17, 15) is 4.79 Å². The summed E-state index contributed by atoms with van der Waals surface area (Å²) in [7, 11) is 1.82. The molecule has 3 aromatic rings. The Bertz CT molecular complexity index is 1020. The van der Waals surface area contributed by atoms with Crippen molar-refractivity contribution < 1.29 is 9.53 Å². The number of nitrogens with zero attached hydrogens (tertiary/aromatic N) is 2. The van der Waals surface area contributed by atoms with Crippen molar-refractivity contribution in [1.82, 2.24) is 9.78 Å². The van der Waals surface area contributed by atoms with Crippen LogP contribution >= 0.6 is 11.8 Å². The van der Waals surface area contributed by atoms with E-state index in [4.69, 9.17) is 4.74 Å². The van der Waals surface area contributed by atoms with Crippen molar-refractivity contribution >= 4 is 29.3 Å². The molecular weight excluding hydrogens is 420 g/mol. The number of aromatic nitrogens is 2. The minimum Gasteiger partial charge on any atom is -0.494 e. The van der Waals surface area contributed by atoms with Gasteiger partial charge in [0.05, 0.1) is 12.3 Å². The zero-order chi connectivity index (χ0) is 23.1. The van der Waals surface area contributed by atoms with Gasteiger partial charge in [-0.1, -0.05) is 45.9 Å². The number of anilines is 2. The molecule has 2 amide bonds. The number of hydrogen-bond acceptors (Lipinski definition) is 4. The number of amides is 2. The van der Waals surface area contributed by atoms with E-state index in [0.29, 0.717) is 5.82 Å². The van der Waals surface area contributed by atoms with Gasteiger partial charge in [-0.25, -0.2) is 4.79 Å². The largest absolute Gasteiger partial charge is 0.494 e. The molecule has 3 rings (SSSR count). The van der Waals surface area contributed by atoms with Gasteiger partial charge in [0.15, 0.2) is 0 Å². The molecule has 6 nitrogen and oxygen atoms in total. The first-order valence-electron chi connectivity index (χ1n) is 10.9. The van der Waals surface area contributed by atoms with Crippen molar-refractivity contribution in [2.75, 3.05) is 17.2 Å². The Balaban J connectivity index is 1.53. The van der Waals surface area contributed by atoms with Crippen LogP contribution in [0.4, 0.5) is 16.3 Å². The third-order valence-electron chi connectivity index (χ3n) is 4.83. The average Bonchev–Trinajstić information content (AvgIpc) is 3.11. The lowest BCUT2D eigenvalue weighted by Gasteiger charge is -2.13. The molecule has 0 fully saturated rings. The minimum atomic E-state index is -0.299. The average molecular weight is 453 g/mol. The van der Waals surface area contributed by atoms with Crippen LogP contribution in [0.15, 0.2) is 64.4 Å². The topological polar surface area (TPSA) is 68.2 Å². The highest BCUT2D eigenvalue weighted by Gasteiger charge is 2.19. The van der Waals surface area contributed by atoms with Crippen molar-refractivity contribution in [2.24, 2.45) is 7.05 Å². The summed E-state index contributed by atoms with van der Waals surface area (Å²) in [5, 5.41) is 10.2. The van der Waals surface area contributed by atoms with Crippen LogP contribution in [0.5, 0.6) is 5.75 Å². The molecule has 0 saturated heterocycles. The van der Waals surface area contributed by atoms with Gasteiger partial charge < -0.3 is 10.1 Å². The molecule has 7 heteroatoms. The third kappa shape index (κ3) is 6.79. The lowest BCUT2D eigenvalue weighted by atomic mass is 9.92. The highest BCUT2D eigenvalue weighted by Crippen LogP contribution is 2.30. The summed E-state index contributed by atoms with van der Waals surface area (Å²) >= 11 is 1.67. The van der Waals surface area contributed by atoms with Crippen LogP contribution in [0.1, 0.15) is 46.2 Å². The molecule has 0 unspecified atom stereocenters. The standard InChI is InChI=1S/C25H32N4O2S/c1-6-7-16-31-19-10-14-21(15-11-19)32-20-12-8-18(9-13-20)26-24(30)27-23-17-22(25(2,3)4)28-29(23)5/h8-15,17H,6-7,16H2,1-5H3,(H2,26,27,30). The number of rotatable bonds is 8. The molecule has 2 N–H and O–H groups in total. The third-order valence-corrected chi connectivity index (χ3v) is 5.84. The summed E-state index contributed by atoms with van der Waals surface area (Å²) in [4.78, 5) is 14.6. The fraction of sp³-hybridized carbons (Fsp3) is 0.360. The van der Waals surface area contributed by atoms with Gasteiger partial charge >= 0.3 is 6.03 Å². The molecule has 1 aromatic heterocycles. The first-order chi connectivity index (χ1) is 15.2. The maximum Gasteiger partial charge on any atom is 0.324 e. The first kappa shape index (κ1) is 23.7. The second-order valence-electron chi connectivity index (χ2n) is 8.67. The summed E-state index contributed by atoms with van der Waals surface area (Å²) in [5.41, 5.74) is 1.58. The predicted molar refractivity (Wildman–Crippen MR) is 132 cm³/mol. The van der Waals surface area contributed by atoms with Crippen molar-refractivity contribution in [3.8, 4) is 5.75 Å². The van der Waals surface area contributed by atoms with Crippen molar-refractivity contribution in [3.63, 3.8) is 0 Å². The lowest BCUT2D eigenvalue weighted by molar-refractivity contribution is 0.262. The van der Waals surface area contributed by atoms with Gasteiger partial charge in [-0.15, -0.1) is 0 Å². The van der Waals surface area contributed by atoms with E-state index < -0.39 is 0 Å². The quantitative estimate of drug-likeness (QED) is 0.374. The van der Waals surface area contributed by atoms with Crippen LogP contribution < -0.4 is 15.4 Å². The van der Waals surface area contributed by atoms with Gasteiger partial charge in [0.1, 0.15) is 11.6 Å². The first-order valence-corrected chi connectivity index (χ1v) is 11.7. The second kappa shape index (κ2) is 10.6. The highest BCUT2D eigenvalue weighted by atomic mass is 32.2. The molecule has 0 bridgehead atoms. The molecule has 1 heterocycles. The molecule has 0 atom stereocenters. The number of ether oxygens (including phenoxy) is 1. The summed E-state index contributed by atoms with van der Waals surface area (Å²) in [5.74, 6) is 1.55. The number of carbonyl (C=O) groups excluding carboxylic acids is 1. The molecule has 2 aromatic carbocycles. The van der Waals surface area contributed by atoms with Crippen molar-refractivity contribution in [2.45, 2.75) is 55.7 Å². The number of nitrogens with one attached hydrogen (secondary N) is 2. The smallest absolute Gasteiger partial charge is 0.324 e. The van der Waals surface area contributed by atoms with Gasteiger partial charge in [0, 0.05) is 34.0 Å². The molecule has 0 aliphatic carbocycles. The van der Waals surface area contributed by atoms with Gasteiger partial charge in [0.25, 0.3) is 0 Å². The molecule has 0 spiro atoms. The molecule has 0 aliphatic rings. The number of hydrogen-bond donors (Lipinski definition) is 2. The van der Waals surface area contributed by atoms with Gasteiger partial charge in [0.2, 0.25) is 0 Å². The Kier molecular flexibility index (Phi) is 7.85.